The molecule has 2 aliphatic rings. The van der Waals surface area contributed by atoms with Gasteiger partial charge < -0.3 is 25.7 Å². The zero-order valence-corrected chi connectivity index (χ0v) is 19.3. The minimum absolute atomic E-state index is 0.00406. The molecule has 4 rings (SSSR count). The minimum Gasteiger partial charge on any atom is -0.376 e. The Bertz CT molecular complexity index is 1050. The molecular weight excluding hydrogens is 465 g/mol. The van der Waals surface area contributed by atoms with E-state index in [4.69, 9.17) is 16.3 Å². The molecule has 2 aromatic rings. The van der Waals surface area contributed by atoms with Crippen molar-refractivity contribution < 1.29 is 23.5 Å². The summed E-state index contributed by atoms with van der Waals surface area (Å²) < 4.78 is 18.7. The molecule has 9 nitrogen and oxygen atoms in total. The lowest BCUT2D eigenvalue weighted by molar-refractivity contribution is -0.120. The van der Waals surface area contributed by atoms with E-state index in [1.165, 1.54) is 18.5 Å². The summed E-state index contributed by atoms with van der Waals surface area (Å²) in [5.74, 6) is -1.73. The Hall–Kier alpha value is -2.98. The zero-order valence-electron chi connectivity index (χ0n) is 18.5. The van der Waals surface area contributed by atoms with Crippen LogP contribution in [0.2, 0.25) is 5.02 Å². The van der Waals surface area contributed by atoms with Gasteiger partial charge in [-0.2, -0.15) is 0 Å². The number of halogens is 2. The van der Waals surface area contributed by atoms with Gasteiger partial charge >= 0.3 is 0 Å². The van der Waals surface area contributed by atoms with E-state index in [0.29, 0.717) is 44.5 Å². The van der Waals surface area contributed by atoms with E-state index < -0.39 is 17.6 Å². The number of amides is 3. The Balaban J connectivity index is 1.25. The Morgan fingerprint density at radius 1 is 1.15 bits per heavy atom. The maximum Gasteiger partial charge on any atom is 0.272 e. The molecule has 1 aromatic carbocycles. The molecule has 1 aliphatic carbocycles. The predicted octanol–water partition coefficient (Wildman–Crippen LogP) is 3.04. The predicted molar refractivity (Wildman–Crippen MR) is 123 cm³/mol. The Morgan fingerprint density at radius 2 is 1.94 bits per heavy atom. The van der Waals surface area contributed by atoms with Crippen LogP contribution in [0.25, 0.3) is 0 Å². The summed E-state index contributed by atoms with van der Waals surface area (Å²) in [4.78, 5) is 44.6. The first-order valence-electron chi connectivity index (χ1n) is 11.4. The Morgan fingerprint density at radius 3 is 2.65 bits per heavy atom. The van der Waals surface area contributed by atoms with Gasteiger partial charge in [0.05, 0.1) is 23.1 Å². The van der Waals surface area contributed by atoms with Gasteiger partial charge in [-0.25, -0.2) is 9.37 Å². The first-order valence-corrected chi connectivity index (χ1v) is 11.8. The summed E-state index contributed by atoms with van der Waals surface area (Å²) in [5, 5.41) is 8.59. The molecule has 1 saturated heterocycles. The van der Waals surface area contributed by atoms with Gasteiger partial charge in [0.15, 0.2) is 5.69 Å². The van der Waals surface area contributed by atoms with Crippen LogP contribution in [0.4, 0.5) is 10.1 Å². The molecule has 11 heteroatoms. The fourth-order valence-electron chi connectivity index (χ4n) is 4.32. The lowest BCUT2D eigenvalue weighted by atomic mass is 9.85. The van der Waals surface area contributed by atoms with Crippen molar-refractivity contribution in [1.29, 1.82) is 0 Å². The van der Waals surface area contributed by atoms with E-state index in [9.17, 15) is 18.8 Å². The van der Waals surface area contributed by atoms with Crippen molar-refractivity contribution in [2.45, 2.75) is 50.7 Å². The van der Waals surface area contributed by atoms with Gasteiger partial charge in [0.2, 0.25) is 5.91 Å². The number of hydrogen-bond acceptors (Lipinski definition) is 5. The van der Waals surface area contributed by atoms with E-state index in [2.05, 4.69) is 25.9 Å². The monoisotopic (exact) mass is 491 g/mol. The summed E-state index contributed by atoms with van der Waals surface area (Å²) in [7, 11) is 0. The number of nitrogens with zero attached hydrogens (tertiary/aromatic N) is 1. The summed E-state index contributed by atoms with van der Waals surface area (Å²) >= 11 is 5.98. The summed E-state index contributed by atoms with van der Waals surface area (Å²) in [6.07, 6.45) is 5.54. The molecule has 3 amide bonds. The highest BCUT2D eigenvalue weighted by atomic mass is 35.5. The van der Waals surface area contributed by atoms with Crippen molar-refractivity contribution in [1.82, 2.24) is 20.6 Å². The number of aromatic nitrogens is 2. The molecule has 34 heavy (non-hydrogen) atoms. The SMILES string of the molecule is O=C(NC1CCC(C(=O)Nc2ccc(F)cc2Cl)CC1)c1nc[nH]c1C(=O)NC[C@@H]1CCCO1. The standard InChI is InChI=1S/C23H27ClFN5O4/c24-17-10-14(25)5-8-18(17)30-21(31)13-3-6-15(7-4-13)29-23(33)20-19(27-12-28-20)22(32)26-11-16-2-1-9-34-16/h5,8,10,12-13,15-16H,1-4,6-7,9,11H2,(H,26,32)(H,27,28)(H,29,33)(H,30,31)/t13?,15?,16-/m0/s1. The van der Waals surface area contributed by atoms with Crippen molar-refractivity contribution in [3.05, 3.63) is 46.8 Å². The van der Waals surface area contributed by atoms with Crippen LogP contribution in [0.1, 0.15) is 59.5 Å². The molecule has 0 radical (unpaired) electrons. The number of ether oxygens (including phenoxy) is 1. The van der Waals surface area contributed by atoms with Crippen molar-refractivity contribution in [2.24, 2.45) is 5.92 Å². The summed E-state index contributed by atoms with van der Waals surface area (Å²) in [6, 6.07) is 3.68. The van der Waals surface area contributed by atoms with E-state index in [1.54, 1.807) is 0 Å². The van der Waals surface area contributed by atoms with Gasteiger partial charge in [-0.1, -0.05) is 11.6 Å². The average molecular weight is 492 g/mol. The number of hydrogen-bond donors (Lipinski definition) is 4. The fraction of sp³-hybridized carbons (Fsp3) is 0.478. The molecule has 0 spiro atoms. The molecule has 0 unspecified atom stereocenters. The van der Waals surface area contributed by atoms with Crippen LogP contribution in [0.5, 0.6) is 0 Å². The van der Waals surface area contributed by atoms with Crippen LogP contribution in [-0.4, -0.2) is 53.0 Å². The molecule has 4 N–H and O–H groups in total. The topological polar surface area (TPSA) is 125 Å². The van der Waals surface area contributed by atoms with Crippen LogP contribution in [-0.2, 0) is 9.53 Å². The maximum atomic E-state index is 13.2. The number of benzene rings is 1. The fourth-order valence-corrected chi connectivity index (χ4v) is 4.53. The molecule has 1 saturated carbocycles. The van der Waals surface area contributed by atoms with E-state index in [-0.39, 0.29) is 40.4 Å². The highest BCUT2D eigenvalue weighted by Crippen LogP contribution is 2.28. The van der Waals surface area contributed by atoms with Crippen LogP contribution in [0.3, 0.4) is 0 Å². The molecule has 2 fully saturated rings. The number of aromatic amines is 1. The lowest BCUT2D eigenvalue weighted by Gasteiger charge is -2.28. The van der Waals surface area contributed by atoms with Gasteiger partial charge in [0.25, 0.3) is 11.8 Å². The second-order valence-corrected chi connectivity index (χ2v) is 9.01. The van der Waals surface area contributed by atoms with Crippen molar-refractivity contribution in [3.8, 4) is 0 Å². The normalized spacial score (nSPS) is 22.2. The molecule has 1 aliphatic heterocycles. The molecule has 0 bridgehead atoms. The van der Waals surface area contributed by atoms with Crippen molar-refractivity contribution in [2.75, 3.05) is 18.5 Å². The zero-order chi connectivity index (χ0) is 24.1. The van der Waals surface area contributed by atoms with Crippen molar-refractivity contribution >= 4 is 35.0 Å². The highest BCUT2D eigenvalue weighted by molar-refractivity contribution is 6.33. The van der Waals surface area contributed by atoms with Gasteiger partial charge in [0, 0.05) is 25.1 Å². The summed E-state index contributed by atoms with van der Waals surface area (Å²) in [5.41, 5.74) is 0.516. The molecule has 182 valence electrons. The van der Waals surface area contributed by atoms with E-state index in [1.807, 2.05) is 0 Å². The number of carbonyl (C=O) groups excluding carboxylic acids is 3. The number of anilines is 1. The first-order chi connectivity index (χ1) is 16.4. The first kappa shape index (κ1) is 24.2. The number of nitrogens with one attached hydrogen (secondary N) is 4. The van der Waals surface area contributed by atoms with Gasteiger partial charge in [-0.05, 0) is 56.7 Å². The largest absolute Gasteiger partial charge is 0.376 e. The van der Waals surface area contributed by atoms with Crippen LogP contribution in [0, 0.1) is 11.7 Å². The third kappa shape index (κ3) is 5.92. The van der Waals surface area contributed by atoms with Crippen LogP contribution < -0.4 is 16.0 Å². The maximum absolute atomic E-state index is 13.2. The second kappa shape index (κ2) is 11.0. The average Bonchev–Trinajstić information content (AvgIpc) is 3.52. The van der Waals surface area contributed by atoms with Crippen molar-refractivity contribution in [3.63, 3.8) is 0 Å². The van der Waals surface area contributed by atoms with Crippen LogP contribution in [0.15, 0.2) is 24.5 Å². The number of imidazole rings is 1. The number of rotatable bonds is 7. The molecule has 1 aromatic heterocycles. The smallest absolute Gasteiger partial charge is 0.272 e. The third-order valence-electron chi connectivity index (χ3n) is 6.22. The van der Waals surface area contributed by atoms with Gasteiger partial charge in [-0.3, -0.25) is 14.4 Å². The number of H-pyrrole nitrogens is 1. The Labute approximate surface area is 201 Å². The summed E-state index contributed by atoms with van der Waals surface area (Å²) in [6.45, 7) is 1.08. The molecule has 1 atom stereocenters. The minimum atomic E-state index is -0.473. The number of carbonyl (C=O) groups is 3. The van der Waals surface area contributed by atoms with E-state index in [0.717, 1.165) is 18.9 Å². The molecule has 2 heterocycles. The highest BCUT2D eigenvalue weighted by Gasteiger charge is 2.29. The Kier molecular flexibility index (Phi) is 7.79. The van der Waals surface area contributed by atoms with E-state index >= 15 is 0 Å². The van der Waals surface area contributed by atoms with Gasteiger partial charge in [-0.15, -0.1) is 0 Å². The van der Waals surface area contributed by atoms with Crippen LogP contribution >= 0.6 is 11.6 Å². The molecular formula is C23H27ClFN5O4. The van der Waals surface area contributed by atoms with Gasteiger partial charge in [0.1, 0.15) is 11.5 Å². The second-order valence-electron chi connectivity index (χ2n) is 8.61. The quantitative estimate of drug-likeness (QED) is 0.473. The lowest BCUT2D eigenvalue weighted by Crippen LogP contribution is -2.40. The third-order valence-corrected chi connectivity index (χ3v) is 6.53.